The number of halogens is 2. The standard InChI is InChI=1S/C19H22ClFO/c1-2-3-4-5-13-6-8-14(9-7-13)15-10-11-16(17-12-22-17)18(20)19(15)21/h2-3,8,10-11,13,17H,4-7,9,12H2,1H3/b3-2+. The van der Waals surface area contributed by atoms with Crippen molar-refractivity contribution in [1.82, 2.24) is 0 Å². The summed E-state index contributed by atoms with van der Waals surface area (Å²) in [7, 11) is 0. The molecule has 2 aliphatic rings. The quantitative estimate of drug-likeness (QED) is 0.472. The zero-order valence-corrected chi connectivity index (χ0v) is 13.7. The van der Waals surface area contributed by atoms with Gasteiger partial charge in [0.15, 0.2) is 0 Å². The molecule has 0 radical (unpaired) electrons. The highest BCUT2D eigenvalue weighted by Gasteiger charge is 2.29. The molecule has 1 aliphatic carbocycles. The summed E-state index contributed by atoms with van der Waals surface area (Å²) in [6.07, 6.45) is 12.0. The van der Waals surface area contributed by atoms with Crippen LogP contribution in [0.15, 0.2) is 30.4 Å². The van der Waals surface area contributed by atoms with Crippen LogP contribution in [0.2, 0.25) is 5.02 Å². The second kappa shape index (κ2) is 6.97. The third kappa shape index (κ3) is 3.44. The summed E-state index contributed by atoms with van der Waals surface area (Å²) in [4.78, 5) is 0. The molecule has 1 heterocycles. The molecule has 0 N–H and O–H groups in total. The Hall–Kier alpha value is -1.12. The molecule has 1 fully saturated rings. The van der Waals surface area contributed by atoms with E-state index in [9.17, 15) is 4.39 Å². The van der Waals surface area contributed by atoms with Crippen molar-refractivity contribution in [3.63, 3.8) is 0 Å². The van der Waals surface area contributed by atoms with Gasteiger partial charge in [0.25, 0.3) is 0 Å². The van der Waals surface area contributed by atoms with Crippen LogP contribution in [0.25, 0.3) is 5.57 Å². The molecule has 1 saturated heterocycles. The molecule has 0 saturated carbocycles. The van der Waals surface area contributed by atoms with Gasteiger partial charge in [0.2, 0.25) is 0 Å². The molecule has 2 unspecified atom stereocenters. The maximum absolute atomic E-state index is 14.5. The maximum Gasteiger partial charge on any atom is 0.149 e. The Bertz CT molecular complexity index is 602. The predicted octanol–water partition coefficient (Wildman–Crippen LogP) is 6.09. The monoisotopic (exact) mass is 320 g/mol. The molecule has 1 aromatic carbocycles. The lowest BCUT2D eigenvalue weighted by atomic mass is 9.84. The number of epoxide rings is 1. The minimum absolute atomic E-state index is 0.00705. The van der Waals surface area contributed by atoms with Gasteiger partial charge in [-0.1, -0.05) is 42.0 Å². The molecule has 1 aliphatic heterocycles. The summed E-state index contributed by atoms with van der Waals surface area (Å²) in [6, 6.07) is 3.78. The first-order valence-electron chi connectivity index (χ1n) is 8.10. The van der Waals surface area contributed by atoms with Gasteiger partial charge < -0.3 is 4.74 Å². The molecular formula is C19H22ClFO. The number of rotatable bonds is 5. The maximum atomic E-state index is 14.5. The number of ether oxygens (including phenoxy) is 1. The lowest BCUT2D eigenvalue weighted by molar-refractivity contribution is 0.415. The zero-order valence-electron chi connectivity index (χ0n) is 12.9. The molecule has 0 bridgehead atoms. The van der Waals surface area contributed by atoms with Gasteiger partial charge in [-0.05, 0) is 50.5 Å². The average molecular weight is 321 g/mol. The molecule has 22 heavy (non-hydrogen) atoms. The van der Waals surface area contributed by atoms with Gasteiger partial charge in [0, 0.05) is 11.1 Å². The highest BCUT2D eigenvalue weighted by Crippen LogP contribution is 2.40. The van der Waals surface area contributed by atoms with E-state index in [1.165, 1.54) is 6.42 Å². The second-order valence-electron chi connectivity index (χ2n) is 6.17. The highest BCUT2D eigenvalue weighted by atomic mass is 35.5. The minimum atomic E-state index is -0.284. The lowest BCUT2D eigenvalue weighted by Crippen LogP contribution is -2.06. The number of hydrogen-bond donors (Lipinski definition) is 0. The van der Waals surface area contributed by atoms with E-state index in [0.717, 1.165) is 42.7 Å². The van der Waals surface area contributed by atoms with Crippen LogP contribution in [-0.4, -0.2) is 6.61 Å². The van der Waals surface area contributed by atoms with E-state index >= 15 is 0 Å². The van der Waals surface area contributed by atoms with Crippen LogP contribution in [0.5, 0.6) is 0 Å². The van der Waals surface area contributed by atoms with E-state index < -0.39 is 0 Å². The lowest BCUT2D eigenvalue weighted by Gasteiger charge is -2.22. The molecule has 118 valence electrons. The van der Waals surface area contributed by atoms with Crippen LogP contribution >= 0.6 is 11.6 Å². The summed E-state index contributed by atoms with van der Waals surface area (Å²) in [5.74, 6) is 0.436. The molecule has 3 rings (SSSR count). The fourth-order valence-corrected chi connectivity index (χ4v) is 3.47. The van der Waals surface area contributed by atoms with Crippen LogP contribution < -0.4 is 0 Å². The van der Waals surface area contributed by atoms with Crippen molar-refractivity contribution in [3.05, 3.63) is 52.3 Å². The van der Waals surface area contributed by atoms with Crippen LogP contribution in [0.4, 0.5) is 4.39 Å². The van der Waals surface area contributed by atoms with Gasteiger partial charge in [0.05, 0.1) is 11.6 Å². The molecule has 1 aromatic rings. The molecule has 3 heteroatoms. The first-order valence-corrected chi connectivity index (χ1v) is 8.48. The molecule has 0 spiro atoms. The fraction of sp³-hybridized carbons (Fsp3) is 0.474. The molecular weight excluding hydrogens is 299 g/mol. The number of hydrogen-bond acceptors (Lipinski definition) is 1. The Labute approximate surface area is 136 Å². The number of allylic oxidation sites excluding steroid dienone is 4. The van der Waals surface area contributed by atoms with Gasteiger partial charge in [-0.3, -0.25) is 0 Å². The molecule has 2 atom stereocenters. The second-order valence-corrected chi connectivity index (χ2v) is 6.55. The Balaban J connectivity index is 1.71. The van der Waals surface area contributed by atoms with Crippen molar-refractivity contribution >= 4 is 17.2 Å². The normalized spacial score (nSPS) is 24.6. The van der Waals surface area contributed by atoms with Crippen molar-refractivity contribution in [2.24, 2.45) is 5.92 Å². The van der Waals surface area contributed by atoms with E-state index in [2.05, 4.69) is 25.2 Å². The Morgan fingerprint density at radius 1 is 1.41 bits per heavy atom. The van der Waals surface area contributed by atoms with Gasteiger partial charge in [0.1, 0.15) is 11.9 Å². The van der Waals surface area contributed by atoms with E-state index in [1.807, 2.05) is 12.1 Å². The zero-order chi connectivity index (χ0) is 15.5. The summed E-state index contributed by atoms with van der Waals surface area (Å²) in [6.45, 7) is 2.71. The largest absolute Gasteiger partial charge is 0.368 e. The van der Waals surface area contributed by atoms with E-state index in [0.29, 0.717) is 12.2 Å². The van der Waals surface area contributed by atoms with E-state index in [1.54, 1.807) is 0 Å². The third-order valence-corrected chi connectivity index (χ3v) is 5.02. The summed E-state index contributed by atoms with van der Waals surface area (Å²) in [5, 5.41) is 0.233. The predicted molar refractivity (Wildman–Crippen MR) is 89.5 cm³/mol. The smallest absolute Gasteiger partial charge is 0.149 e. The molecule has 0 aromatic heterocycles. The Kier molecular flexibility index (Phi) is 5.00. The summed E-state index contributed by atoms with van der Waals surface area (Å²) >= 11 is 6.18. The topological polar surface area (TPSA) is 12.5 Å². The third-order valence-electron chi connectivity index (χ3n) is 4.64. The fourth-order valence-electron chi connectivity index (χ4n) is 3.18. The van der Waals surface area contributed by atoms with Gasteiger partial charge in [-0.2, -0.15) is 0 Å². The summed E-state index contributed by atoms with van der Waals surface area (Å²) in [5.41, 5.74) is 2.55. The Morgan fingerprint density at radius 3 is 2.86 bits per heavy atom. The van der Waals surface area contributed by atoms with Crippen LogP contribution in [0, 0.1) is 11.7 Å². The van der Waals surface area contributed by atoms with E-state index in [4.69, 9.17) is 16.3 Å². The van der Waals surface area contributed by atoms with E-state index in [-0.39, 0.29) is 16.9 Å². The SMILES string of the molecule is C/C=C/CCC1CC=C(c2ccc(C3CO3)c(Cl)c2F)CC1. The highest BCUT2D eigenvalue weighted by molar-refractivity contribution is 6.31. The van der Waals surface area contributed by atoms with Crippen molar-refractivity contribution < 1.29 is 9.13 Å². The molecule has 0 amide bonds. The van der Waals surface area contributed by atoms with Crippen LogP contribution in [-0.2, 0) is 4.74 Å². The van der Waals surface area contributed by atoms with Crippen molar-refractivity contribution in [2.45, 2.75) is 45.1 Å². The Morgan fingerprint density at radius 2 is 2.23 bits per heavy atom. The van der Waals surface area contributed by atoms with Gasteiger partial charge >= 0.3 is 0 Å². The van der Waals surface area contributed by atoms with Crippen molar-refractivity contribution in [1.29, 1.82) is 0 Å². The first kappa shape index (κ1) is 15.8. The van der Waals surface area contributed by atoms with Crippen LogP contribution in [0.3, 0.4) is 0 Å². The average Bonchev–Trinajstić information content (AvgIpc) is 3.36. The summed E-state index contributed by atoms with van der Waals surface area (Å²) < 4.78 is 19.7. The van der Waals surface area contributed by atoms with Gasteiger partial charge in [-0.25, -0.2) is 4.39 Å². The van der Waals surface area contributed by atoms with Crippen LogP contribution in [0.1, 0.15) is 56.3 Å². The molecule has 1 nitrogen and oxygen atoms in total. The van der Waals surface area contributed by atoms with Crippen molar-refractivity contribution in [2.75, 3.05) is 6.61 Å². The number of benzene rings is 1. The first-order chi connectivity index (χ1) is 10.7. The van der Waals surface area contributed by atoms with Crippen molar-refractivity contribution in [3.8, 4) is 0 Å². The van der Waals surface area contributed by atoms with Gasteiger partial charge in [-0.15, -0.1) is 0 Å². The minimum Gasteiger partial charge on any atom is -0.368 e.